The molecule has 0 bridgehead atoms. The summed E-state index contributed by atoms with van der Waals surface area (Å²) in [6.45, 7) is 0. The minimum atomic E-state index is 0.870. The monoisotopic (exact) mass is 111 g/mol. The summed E-state index contributed by atoms with van der Waals surface area (Å²) in [5, 5.41) is 8.78. The first-order valence-electron chi connectivity index (χ1n) is 1.91. The molecule has 0 saturated carbocycles. The molecule has 4 nitrogen and oxygen atoms in total. The van der Waals surface area contributed by atoms with Gasteiger partial charge in [-0.05, 0) is 11.3 Å². The maximum atomic E-state index is 9.31. The maximum Gasteiger partial charge on any atom is 0.106 e. The van der Waals surface area contributed by atoms with Crippen molar-refractivity contribution < 1.29 is 0 Å². The van der Waals surface area contributed by atoms with Crippen LogP contribution in [-0.2, 0) is 0 Å². The lowest BCUT2D eigenvalue weighted by atomic mass is 10.7. The molecule has 0 fully saturated rings. The van der Waals surface area contributed by atoms with Gasteiger partial charge in [0.1, 0.15) is 6.34 Å². The highest BCUT2D eigenvalue weighted by molar-refractivity contribution is 5.78. The Morgan fingerprint density at radius 3 is 2.75 bits per heavy atom. The van der Waals surface area contributed by atoms with Crippen LogP contribution in [0.1, 0.15) is 0 Å². The molecule has 0 radical (unpaired) electrons. The molecule has 0 unspecified atom stereocenters. The molecule has 0 spiro atoms. The molecule has 4 heteroatoms. The van der Waals surface area contributed by atoms with Crippen molar-refractivity contribution in [1.29, 1.82) is 5.41 Å². The lowest BCUT2D eigenvalue weighted by molar-refractivity contribution is 1.52. The van der Waals surface area contributed by atoms with Gasteiger partial charge in [0, 0.05) is 6.21 Å². The van der Waals surface area contributed by atoms with Gasteiger partial charge in [-0.15, -0.1) is 4.91 Å². The minimum absolute atomic E-state index is 0.870. The third-order valence-electron chi connectivity index (χ3n) is 0.394. The topological polar surface area (TPSA) is 65.6 Å². The van der Waals surface area contributed by atoms with Crippen molar-refractivity contribution in [3.63, 3.8) is 0 Å². The van der Waals surface area contributed by atoms with Crippen LogP contribution in [0.5, 0.6) is 0 Å². The Labute approximate surface area is 46.4 Å². The molecule has 0 rings (SSSR count). The SMILES string of the molecule is N=C/N=C\C=C/N=O. The predicted molar refractivity (Wildman–Crippen MR) is 32.2 cm³/mol. The Hall–Kier alpha value is -1.32. The number of nitrogens with one attached hydrogen (secondary N) is 1. The number of nitroso groups, excluding NO2 is 1. The van der Waals surface area contributed by atoms with Gasteiger partial charge in [0.15, 0.2) is 0 Å². The van der Waals surface area contributed by atoms with E-state index < -0.39 is 0 Å². The summed E-state index contributed by atoms with van der Waals surface area (Å²) in [5.41, 5.74) is 0. The van der Waals surface area contributed by atoms with Crippen molar-refractivity contribution in [3.05, 3.63) is 17.2 Å². The van der Waals surface area contributed by atoms with Crippen LogP contribution in [0, 0.1) is 10.3 Å². The normalized spacial score (nSPS) is 10.5. The maximum absolute atomic E-state index is 9.31. The zero-order valence-corrected chi connectivity index (χ0v) is 4.11. The summed E-state index contributed by atoms with van der Waals surface area (Å²) in [7, 11) is 0. The molecule has 0 amide bonds. The van der Waals surface area contributed by atoms with Crippen LogP contribution < -0.4 is 0 Å². The molecule has 0 atom stereocenters. The van der Waals surface area contributed by atoms with Crippen LogP contribution >= 0.6 is 0 Å². The van der Waals surface area contributed by atoms with Crippen molar-refractivity contribution in [2.75, 3.05) is 0 Å². The molecule has 1 N–H and O–H groups in total. The summed E-state index contributed by atoms with van der Waals surface area (Å²) < 4.78 is 0. The quantitative estimate of drug-likeness (QED) is 0.329. The number of hydrogen-bond donors (Lipinski definition) is 1. The third kappa shape index (κ3) is 4.68. The second-order valence-electron chi connectivity index (χ2n) is 0.874. The number of nitrogens with zero attached hydrogens (tertiary/aromatic N) is 2. The summed E-state index contributed by atoms with van der Waals surface area (Å²) in [6.07, 6.45) is 4.56. The molecule has 0 aliphatic heterocycles. The Morgan fingerprint density at radius 2 is 2.25 bits per heavy atom. The summed E-state index contributed by atoms with van der Waals surface area (Å²) in [5.74, 6) is 0. The second kappa shape index (κ2) is 5.68. The smallest absolute Gasteiger partial charge is 0.106 e. The van der Waals surface area contributed by atoms with Crippen LogP contribution in [0.2, 0.25) is 0 Å². The first-order chi connectivity index (χ1) is 3.91. The van der Waals surface area contributed by atoms with Crippen LogP contribution in [0.4, 0.5) is 0 Å². The zero-order valence-electron chi connectivity index (χ0n) is 4.11. The van der Waals surface area contributed by atoms with E-state index in [4.69, 9.17) is 5.41 Å². The van der Waals surface area contributed by atoms with Crippen LogP contribution in [0.15, 0.2) is 22.4 Å². The fourth-order valence-electron chi connectivity index (χ4n) is 0.166. The average Bonchev–Trinajstić information content (AvgIpc) is 1.81. The van der Waals surface area contributed by atoms with Crippen molar-refractivity contribution in [3.8, 4) is 0 Å². The van der Waals surface area contributed by atoms with Gasteiger partial charge in [0.25, 0.3) is 0 Å². The van der Waals surface area contributed by atoms with Crippen molar-refractivity contribution in [1.82, 2.24) is 0 Å². The van der Waals surface area contributed by atoms with Gasteiger partial charge < -0.3 is 0 Å². The minimum Gasteiger partial charge on any atom is -0.290 e. The lowest BCUT2D eigenvalue weighted by Crippen LogP contribution is -1.62. The van der Waals surface area contributed by atoms with E-state index in [9.17, 15) is 4.91 Å². The average molecular weight is 111 g/mol. The Kier molecular flexibility index (Phi) is 4.74. The van der Waals surface area contributed by atoms with E-state index in [2.05, 4.69) is 10.2 Å². The molecular weight excluding hydrogens is 106 g/mol. The summed E-state index contributed by atoms with van der Waals surface area (Å²) >= 11 is 0. The second-order valence-corrected chi connectivity index (χ2v) is 0.874. The number of aliphatic imine (C=N–C) groups is 1. The molecular formula is C4H5N3O. The standard InChI is InChI=1S/C4H5N3O/c5-4-6-2-1-3-7-8/h1-5H/b3-1-,5-4?,6-2-. The predicted octanol–water partition coefficient (Wildman–Crippen LogP) is 0.944. The van der Waals surface area contributed by atoms with Crippen LogP contribution in [0.25, 0.3) is 0 Å². The third-order valence-corrected chi connectivity index (χ3v) is 0.394. The molecule has 0 aliphatic rings. The molecule has 0 aromatic rings. The summed E-state index contributed by atoms with van der Waals surface area (Å²) in [6, 6.07) is 0. The van der Waals surface area contributed by atoms with Gasteiger partial charge in [-0.1, -0.05) is 0 Å². The van der Waals surface area contributed by atoms with Crippen LogP contribution in [-0.4, -0.2) is 12.6 Å². The molecule has 0 aromatic heterocycles. The zero-order chi connectivity index (χ0) is 6.24. The van der Waals surface area contributed by atoms with Crippen LogP contribution in [0.3, 0.4) is 0 Å². The largest absolute Gasteiger partial charge is 0.290 e. The van der Waals surface area contributed by atoms with Crippen molar-refractivity contribution in [2.24, 2.45) is 10.2 Å². The van der Waals surface area contributed by atoms with Crippen molar-refractivity contribution in [2.45, 2.75) is 0 Å². The van der Waals surface area contributed by atoms with E-state index in [0.717, 1.165) is 12.5 Å². The Bertz CT molecular complexity index is 111. The van der Waals surface area contributed by atoms with Gasteiger partial charge in [-0.25, -0.2) is 4.99 Å². The first-order valence-corrected chi connectivity index (χ1v) is 1.91. The Balaban J connectivity index is 3.41. The lowest BCUT2D eigenvalue weighted by Gasteiger charge is -1.64. The van der Waals surface area contributed by atoms with E-state index in [1.165, 1.54) is 12.3 Å². The molecule has 42 valence electrons. The van der Waals surface area contributed by atoms with E-state index in [1.807, 2.05) is 0 Å². The van der Waals surface area contributed by atoms with E-state index in [1.54, 1.807) is 0 Å². The molecule has 0 heterocycles. The molecule has 8 heavy (non-hydrogen) atoms. The summed E-state index contributed by atoms with van der Waals surface area (Å²) in [4.78, 5) is 12.7. The Morgan fingerprint density at radius 1 is 1.50 bits per heavy atom. The fraction of sp³-hybridized carbons (Fsp3) is 0. The van der Waals surface area contributed by atoms with Gasteiger partial charge >= 0.3 is 0 Å². The van der Waals surface area contributed by atoms with Crippen molar-refractivity contribution >= 4 is 12.6 Å². The van der Waals surface area contributed by atoms with Gasteiger partial charge in [-0.2, -0.15) is 0 Å². The van der Waals surface area contributed by atoms with E-state index in [0.29, 0.717) is 0 Å². The number of rotatable bonds is 3. The molecule has 0 saturated heterocycles. The first kappa shape index (κ1) is 6.68. The number of allylic oxidation sites excluding steroid dienone is 1. The van der Waals surface area contributed by atoms with E-state index >= 15 is 0 Å². The number of hydrogen-bond acceptors (Lipinski definition) is 3. The van der Waals surface area contributed by atoms with Gasteiger partial charge in [0.2, 0.25) is 0 Å². The molecule has 0 aliphatic carbocycles. The highest BCUT2D eigenvalue weighted by Gasteiger charge is 1.59. The fourth-order valence-corrected chi connectivity index (χ4v) is 0.166. The van der Waals surface area contributed by atoms with Gasteiger partial charge in [0.05, 0.1) is 6.20 Å². The highest BCUT2D eigenvalue weighted by atomic mass is 16.2. The van der Waals surface area contributed by atoms with Gasteiger partial charge in [-0.3, -0.25) is 5.41 Å². The molecule has 0 aromatic carbocycles. The van der Waals surface area contributed by atoms with E-state index in [-0.39, 0.29) is 0 Å². The highest BCUT2D eigenvalue weighted by Crippen LogP contribution is 1.66.